The first-order valence-electron chi connectivity index (χ1n) is 9.51. The standard InChI is InChI=1S/C23H22N2O7/c1-25-21(32-16-10-5-4-6-11-16)19(23(28)30-3)20(24-25)31-13-15-9-7-8-12-17(15)18(14-29-2)22(26)27/h4-12,14H,13H2,1-3H3,(H,26,27)/b18-14+. The molecule has 32 heavy (non-hydrogen) atoms. The smallest absolute Gasteiger partial charge is 0.349 e. The molecule has 9 heteroatoms. The zero-order valence-electron chi connectivity index (χ0n) is 17.8. The lowest BCUT2D eigenvalue weighted by atomic mass is 10.0. The SMILES string of the molecule is CO/C=C(/C(=O)O)c1ccccc1COc1nn(C)c(Oc2ccccc2)c1C(=O)OC. The summed E-state index contributed by atoms with van der Waals surface area (Å²) in [6.45, 7) is -0.0592. The minimum Gasteiger partial charge on any atom is -0.503 e. The summed E-state index contributed by atoms with van der Waals surface area (Å²) < 4.78 is 22.8. The number of methoxy groups -OCH3 is 2. The van der Waals surface area contributed by atoms with Gasteiger partial charge in [0.1, 0.15) is 17.9 Å². The molecule has 0 fully saturated rings. The fourth-order valence-corrected chi connectivity index (χ4v) is 2.98. The Hall–Kier alpha value is -4.27. The molecule has 0 aliphatic rings. The molecule has 3 aromatic rings. The number of hydrogen-bond acceptors (Lipinski definition) is 7. The third kappa shape index (κ3) is 4.89. The Bertz CT molecular complexity index is 1140. The third-order valence-electron chi connectivity index (χ3n) is 4.45. The van der Waals surface area contributed by atoms with Gasteiger partial charge in [-0.3, -0.25) is 0 Å². The molecule has 0 aliphatic heterocycles. The van der Waals surface area contributed by atoms with Crippen molar-refractivity contribution in [1.29, 1.82) is 0 Å². The summed E-state index contributed by atoms with van der Waals surface area (Å²) in [5, 5.41) is 13.8. The van der Waals surface area contributed by atoms with Crippen molar-refractivity contribution in [1.82, 2.24) is 9.78 Å². The number of aliphatic carboxylic acids is 1. The second-order valence-electron chi connectivity index (χ2n) is 6.53. The van der Waals surface area contributed by atoms with Gasteiger partial charge in [-0.25, -0.2) is 14.3 Å². The van der Waals surface area contributed by atoms with Crippen LogP contribution in [-0.2, 0) is 27.9 Å². The molecule has 0 bridgehead atoms. The van der Waals surface area contributed by atoms with Crippen LogP contribution in [0, 0.1) is 0 Å². The highest BCUT2D eigenvalue weighted by molar-refractivity contribution is 6.15. The molecule has 0 amide bonds. The van der Waals surface area contributed by atoms with E-state index in [0.29, 0.717) is 16.9 Å². The number of ether oxygens (including phenoxy) is 4. The topological polar surface area (TPSA) is 109 Å². The summed E-state index contributed by atoms with van der Waals surface area (Å²) in [5.74, 6) is -1.18. The number of carbonyl (C=O) groups excluding carboxylic acids is 1. The van der Waals surface area contributed by atoms with E-state index in [1.807, 2.05) is 6.07 Å². The first-order valence-corrected chi connectivity index (χ1v) is 9.51. The molecule has 0 spiro atoms. The van der Waals surface area contributed by atoms with Gasteiger partial charge in [-0.15, -0.1) is 5.10 Å². The molecule has 2 aromatic carbocycles. The van der Waals surface area contributed by atoms with E-state index in [9.17, 15) is 14.7 Å². The summed E-state index contributed by atoms with van der Waals surface area (Å²) in [5.41, 5.74) is 0.958. The van der Waals surface area contributed by atoms with Crippen LogP contribution in [0.25, 0.3) is 5.57 Å². The fourth-order valence-electron chi connectivity index (χ4n) is 2.98. The van der Waals surface area contributed by atoms with Crippen LogP contribution in [0.5, 0.6) is 17.5 Å². The highest BCUT2D eigenvalue weighted by atomic mass is 16.5. The van der Waals surface area contributed by atoms with Crippen LogP contribution in [0.3, 0.4) is 0 Å². The van der Waals surface area contributed by atoms with Gasteiger partial charge in [0, 0.05) is 7.05 Å². The highest BCUT2D eigenvalue weighted by Crippen LogP contribution is 2.33. The molecule has 9 nitrogen and oxygen atoms in total. The fraction of sp³-hybridized carbons (Fsp3) is 0.174. The van der Waals surface area contributed by atoms with Crippen molar-refractivity contribution in [3.8, 4) is 17.5 Å². The molecule has 0 aliphatic carbocycles. The second-order valence-corrected chi connectivity index (χ2v) is 6.53. The monoisotopic (exact) mass is 438 g/mol. The van der Waals surface area contributed by atoms with Crippen molar-refractivity contribution in [2.45, 2.75) is 6.61 Å². The Labute approximate surface area is 184 Å². The van der Waals surface area contributed by atoms with Crippen molar-refractivity contribution in [3.63, 3.8) is 0 Å². The minimum absolute atomic E-state index is 0.00678. The number of benzene rings is 2. The van der Waals surface area contributed by atoms with E-state index in [2.05, 4.69) is 5.10 Å². The van der Waals surface area contributed by atoms with E-state index in [0.717, 1.165) is 6.26 Å². The van der Waals surface area contributed by atoms with E-state index in [4.69, 9.17) is 18.9 Å². The van der Waals surface area contributed by atoms with Crippen molar-refractivity contribution in [2.24, 2.45) is 7.05 Å². The predicted octanol–water partition coefficient (Wildman–Crippen LogP) is 3.65. The normalized spacial score (nSPS) is 11.0. The summed E-state index contributed by atoms with van der Waals surface area (Å²) >= 11 is 0. The zero-order valence-corrected chi connectivity index (χ0v) is 17.8. The summed E-state index contributed by atoms with van der Waals surface area (Å²) in [6.07, 6.45) is 1.15. The number of carboxylic acids is 1. The van der Waals surface area contributed by atoms with E-state index < -0.39 is 11.9 Å². The Morgan fingerprint density at radius 3 is 2.41 bits per heavy atom. The summed E-state index contributed by atoms with van der Waals surface area (Å²) in [7, 11) is 4.22. The molecule has 0 atom stereocenters. The van der Waals surface area contributed by atoms with Crippen LogP contribution < -0.4 is 9.47 Å². The molecule has 1 N–H and O–H groups in total. The largest absolute Gasteiger partial charge is 0.503 e. The van der Waals surface area contributed by atoms with Gasteiger partial charge in [0.25, 0.3) is 5.88 Å². The van der Waals surface area contributed by atoms with Gasteiger partial charge in [0.2, 0.25) is 5.88 Å². The molecule has 0 unspecified atom stereocenters. The van der Waals surface area contributed by atoms with Gasteiger partial charge in [-0.05, 0) is 23.3 Å². The molecule has 3 rings (SSSR count). The summed E-state index contributed by atoms with van der Waals surface area (Å²) in [6, 6.07) is 15.7. The van der Waals surface area contributed by atoms with E-state index >= 15 is 0 Å². The number of hydrogen-bond donors (Lipinski definition) is 1. The Kier molecular flexibility index (Phi) is 7.12. The average molecular weight is 438 g/mol. The third-order valence-corrected chi connectivity index (χ3v) is 4.45. The van der Waals surface area contributed by atoms with Crippen molar-refractivity contribution >= 4 is 17.5 Å². The first-order chi connectivity index (χ1) is 15.5. The van der Waals surface area contributed by atoms with Crippen molar-refractivity contribution < 1.29 is 33.6 Å². The van der Waals surface area contributed by atoms with Crippen LogP contribution in [0.2, 0.25) is 0 Å². The first kappa shape index (κ1) is 22.4. The lowest BCUT2D eigenvalue weighted by Crippen LogP contribution is -2.08. The molecule has 1 aromatic heterocycles. The Balaban J connectivity index is 1.94. The maximum atomic E-state index is 12.5. The number of esters is 1. The van der Waals surface area contributed by atoms with Gasteiger partial charge >= 0.3 is 11.9 Å². The molecule has 166 valence electrons. The maximum Gasteiger partial charge on any atom is 0.349 e. The van der Waals surface area contributed by atoms with Gasteiger partial charge in [0.15, 0.2) is 5.56 Å². The van der Waals surface area contributed by atoms with Crippen molar-refractivity contribution in [2.75, 3.05) is 14.2 Å². The van der Waals surface area contributed by atoms with Crippen molar-refractivity contribution in [3.05, 3.63) is 77.5 Å². The van der Waals surface area contributed by atoms with Crippen LogP contribution >= 0.6 is 0 Å². The lowest BCUT2D eigenvalue weighted by Gasteiger charge is -2.11. The van der Waals surface area contributed by atoms with Crippen LogP contribution in [0.1, 0.15) is 21.5 Å². The highest BCUT2D eigenvalue weighted by Gasteiger charge is 2.27. The molecule has 1 heterocycles. The van der Waals surface area contributed by atoms with Gasteiger partial charge in [0.05, 0.1) is 20.5 Å². The zero-order chi connectivity index (χ0) is 23.1. The maximum absolute atomic E-state index is 12.5. The minimum atomic E-state index is -1.15. The Morgan fingerprint density at radius 1 is 1.06 bits per heavy atom. The van der Waals surface area contributed by atoms with Crippen LogP contribution in [0.4, 0.5) is 0 Å². The second kappa shape index (κ2) is 10.2. The van der Waals surface area contributed by atoms with Crippen LogP contribution in [0.15, 0.2) is 60.9 Å². The Morgan fingerprint density at radius 2 is 1.75 bits per heavy atom. The molecular formula is C23H22N2O7. The average Bonchev–Trinajstić information content (AvgIpc) is 3.11. The number of nitrogens with zero attached hydrogens (tertiary/aromatic N) is 2. The molecule has 0 saturated carbocycles. The van der Waals surface area contributed by atoms with E-state index in [1.165, 1.54) is 18.9 Å². The lowest BCUT2D eigenvalue weighted by molar-refractivity contribution is -0.130. The number of carbonyl (C=O) groups is 2. The summed E-state index contributed by atoms with van der Waals surface area (Å²) in [4.78, 5) is 24.1. The van der Waals surface area contributed by atoms with Gasteiger partial charge < -0.3 is 24.1 Å². The number of rotatable bonds is 9. The van der Waals surface area contributed by atoms with Crippen LogP contribution in [-0.4, -0.2) is 41.0 Å². The number of para-hydroxylation sites is 1. The van der Waals surface area contributed by atoms with Gasteiger partial charge in [-0.2, -0.15) is 0 Å². The molecule has 0 radical (unpaired) electrons. The van der Waals surface area contributed by atoms with E-state index in [-0.39, 0.29) is 29.5 Å². The number of aryl methyl sites for hydroxylation is 1. The van der Waals surface area contributed by atoms with E-state index in [1.54, 1.807) is 55.6 Å². The quantitative estimate of drug-likeness (QED) is 0.306. The molecular weight excluding hydrogens is 416 g/mol. The number of carboxylic acid groups (broad SMARTS) is 1. The predicted molar refractivity (Wildman–Crippen MR) is 114 cm³/mol. The molecule has 0 saturated heterocycles. The van der Waals surface area contributed by atoms with Gasteiger partial charge in [-0.1, -0.05) is 42.5 Å². The number of aromatic nitrogens is 2.